The Morgan fingerprint density at radius 1 is 1.25 bits per heavy atom. The lowest BCUT2D eigenvalue weighted by atomic mass is 10.1. The van der Waals surface area contributed by atoms with Gasteiger partial charge in [0, 0.05) is 24.4 Å². The molecule has 1 aliphatic heterocycles. The molecule has 3 aromatic rings. The molecule has 0 unspecified atom stereocenters. The first-order valence-electron chi connectivity index (χ1n) is 8.60. The largest absolute Gasteiger partial charge is 0.349 e. The number of halogens is 1. The Kier molecular flexibility index (Phi) is 4.78. The number of rotatable bonds is 3. The first-order valence-corrected chi connectivity index (χ1v) is 9.86. The van der Waals surface area contributed by atoms with Gasteiger partial charge in [-0.25, -0.2) is 4.98 Å². The van der Waals surface area contributed by atoms with Crippen LogP contribution < -0.4 is 15.1 Å². The molecule has 0 saturated carbocycles. The second-order valence-electron chi connectivity index (χ2n) is 6.39. The Bertz CT molecular complexity index is 1070. The summed E-state index contributed by atoms with van der Waals surface area (Å²) in [5.74, 6) is -0.318. The van der Waals surface area contributed by atoms with Crippen LogP contribution in [-0.2, 0) is 4.79 Å². The summed E-state index contributed by atoms with van der Waals surface area (Å²) >= 11 is 7.42. The number of nitrogens with one attached hydrogen (secondary N) is 1. The molecule has 0 radical (unpaired) electrons. The van der Waals surface area contributed by atoms with Crippen molar-refractivity contribution < 1.29 is 9.59 Å². The maximum Gasteiger partial charge on any atom is 0.255 e. The van der Waals surface area contributed by atoms with E-state index in [1.807, 2.05) is 35.5 Å². The number of benzene rings is 2. The van der Waals surface area contributed by atoms with E-state index in [0.29, 0.717) is 27.1 Å². The molecule has 0 saturated heterocycles. The lowest BCUT2D eigenvalue weighted by Gasteiger charge is -2.35. The fourth-order valence-corrected chi connectivity index (χ4v) is 4.32. The van der Waals surface area contributed by atoms with E-state index in [1.165, 1.54) is 23.2 Å². The lowest BCUT2D eigenvalue weighted by Crippen LogP contribution is -2.44. The van der Waals surface area contributed by atoms with Gasteiger partial charge in [0.15, 0.2) is 5.13 Å². The van der Waals surface area contributed by atoms with E-state index < -0.39 is 6.17 Å². The van der Waals surface area contributed by atoms with Gasteiger partial charge >= 0.3 is 0 Å². The van der Waals surface area contributed by atoms with Gasteiger partial charge in [-0.2, -0.15) is 0 Å². The molecule has 1 aromatic heterocycles. The summed E-state index contributed by atoms with van der Waals surface area (Å²) in [7, 11) is 1.90. The molecule has 142 valence electrons. The van der Waals surface area contributed by atoms with Crippen molar-refractivity contribution in [3.05, 3.63) is 70.2 Å². The number of amides is 2. The van der Waals surface area contributed by atoms with Crippen LogP contribution in [0.4, 0.5) is 16.5 Å². The summed E-state index contributed by atoms with van der Waals surface area (Å²) < 4.78 is 0. The van der Waals surface area contributed by atoms with Crippen LogP contribution in [0.25, 0.3) is 0 Å². The van der Waals surface area contributed by atoms with Crippen molar-refractivity contribution in [1.29, 1.82) is 0 Å². The Morgan fingerprint density at radius 2 is 2.04 bits per heavy atom. The van der Waals surface area contributed by atoms with Crippen molar-refractivity contribution in [3.63, 3.8) is 0 Å². The first-order chi connectivity index (χ1) is 13.5. The van der Waals surface area contributed by atoms with Gasteiger partial charge in [-0.1, -0.05) is 29.8 Å². The van der Waals surface area contributed by atoms with Crippen molar-refractivity contribution in [2.24, 2.45) is 0 Å². The van der Waals surface area contributed by atoms with Crippen LogP contribution in [0.5, 0.6) is 0 Å². The molecule has 1 N–H and O–H groups in total. The van der Waals surface area contributed by atoms with E-state index in [9.17, 15) is 9.59 Å². The molecule has 0 aliphatic carbocycles. The number of hydrogen-bond acceptors (Lipinski definition) is 5. The van der Waals surface area contributed by atoms with Crippen LogP contribution >= 0.6 is 22.9 Å². The van der Waals surface area contributed by atoms with Crippen molar-refractivity contribution in [1.82, 2.24) is 10.3 Å². The van der Waals surface area contributed by atoms with E-state index in [4.69, 9.17) is 11.6 Å². The zero-order chi connectivity index (χ0) is 19.8. The maximum atomic E-state index is 12.5. The number of nitrogens with zero attached hydrogens (tertiary/aromatic N) is 3. The second kappa shape index (κ2) is 7.26. The van der Waals surface area contributed by atoms with Gasteiger partial charge in [0.1, 0.15) is 6.17 Å². The Balaban J connectivity index is 1.69. The molecule has 0 bridgehead atoms. The van der Waals surface area contributed by atoms with Crippen LogP contribution in [-0.4, -0.2) is 23.8 Å². The topological polar surface area (TPSA) is 65.5 Å². The van der Waals surface area contributed by atoms with Gasteiger partial charge in [0.25, 0.3) is 5.91 Å². The third-order valence-corrected chi connectivity index (χ3v) is 5.63. The predicted octanol–water partition coefficient (Wildman–Crippen LogP) is 4.36. The molecule has 8 heteroatoms. The predicted molar refractivity (Wildman–Crippen MR) is 111 cm³/mol. The molecule has 28 heavy (non-hydrogen) atoms. The molecule has 4 rings (SSSR count). The van der Waals surface area contributed by atoms with Gasteiger partial charge in [-0.05, 0) is 30.3 Å². The number of aromatic nitrogens is 1. The maximum absolute atomic E-state index is 12.5. The van der Waals surface area contributed by atoms with Gasteiger partial charge in [0.05, 0.1) is 22.6 Å². The summed E-state index contributed by atoms with van der Waals surface area (Å²) in [6.07, 6.45) is -0.416. The molecule has 1 aliphatic rings. The molecule has 1 atom stereocenters. The quantitative estimate of drug-likeness (QED) is 0.694. The number of carbonyl (C=O) groups is 2. The van der Waals surface area contributed by atoms with Crippen molar-refractivity contribution in [3.8, 4) is 0 Å². The van der Waals surface area contributed by atoms with Crippen LogP contribution in [0.3, 0.4) is 0 Å². The van der Waals surface area contributed by atoms with Gasteiger partial charge in [-0.15, -0.1) is 11.3 Å². The third kappa shape index (κ3) is 3.23. The van der Waals surface area contributed by atoms with E-state index in [1.54, 1.807) is 30.3 Å². The fraction of sp³-hybridized carbons (Fsp3) is 0.150. The van der Waals surface area contributed by atoms with Crippen LogP contribution in [0.15, 0.2) is 53.9 Å². The number of fused-ring (bicyclic) bond motifs is 1. The standard InChI is InChI=1S/C20H17ClN4O2S/c1-12(26)25(14-7-5-6-13(21)10-14)20-22-16(11-28-20)18-23-19(27)15-8-3-4-9-17(15)24(18)2/h3-11,18H,1-2H3,(H,23,27)/t18-/m1/s1. The number of thiazole rings is 1. The minimum absolute atomic E-state index is 0.147. The van der Waals surface area contributed by atoms with Gasteiger partial charge in [-0.3, -0.25) is 14.5 Å². The highest BCUT2D eigenvalue weighted by molar-refractivity contribution is 7.14. The highest BCUT2D eigenvalue weighted by atomic mass is 35.5. The van der Waals surface area contributed by atoms with E-state index >= 15 is 0 Å². The van der Waals surface area contributed by atoms with Gasteiger partial charge < -0.3 is 10.2 Å². The summed E-state index contributed by atoms with van der Waals surface area (Å²) in [6.45, 7) is 1.48. The van der Waals surface area contributed by atoms with Gasteiger partial charge in [0.2, 0.25) is 5.91 Å². The van der Waals surface area contributed by atoms with Crippen molar-refractivity contribution in [2.45, 2.75) is 13.1 Å². The third-order valence-electron chi connectivity index (χ3n) is 4.55. The minimum atomic E-state index is -0.416. The average Bonchev–Trinajstić information content (AvgIpc) is 3.14. The fourth-order valence-electron chi connectivity index (χ4n) is 3.23. The molecule has 6 nitrogen and oxygen atoms in total. The van der Waals surface area contributed by atoms with E-state index in [0.717, 1.165) is 5.69 Å². The highest BCUT2D eigenvalue weighted by Gasteiger charge is 2.31. The molecule has 0 spiro atoms. The van der Waals surface area contributed by atoms with E-state index in [2.05, 4.69) is 10.3 Å². The molecular formula is C20H17ClN4O2S. The van der Waals surface area contributed by atoms with E-state index in [-0.39, 0.29) is 11.8 Å². The molecule has 2 aromatic carbocycles. The minimum Gasteiger partial charge on any atom is -0.349 e. The van der Waals surface area contributed by atoms with Crippen molar-refractivity contribution in [2.75, 3.05) is 16.8 Å². The molecule has 2 heterocycles. The first kappa shape index (κ1) is 18.5. The zero-order valence-corrected chi connectivity index (χ0v) is 16.8. The zero-order valence-electron chi connectivity index (χ0n) is 15.2. The number of para-hydroxylation sites is 1. The molecule has 2 amide bonds. The van der Waals surface area contributed by atoms with Crippen LogP contribution in [0.2, 0.25) is 5.02 Å². The molecular weight excluding hydrogens is 396 g/mol. The summed E-state index contributed by atoms with van der Waals surface area (Å²) in [5.41, 5.74) is 2.77. The highest BCUT2D eigenvalue weighted by Crippen LogP contribution is 2.35. The Hall–Kier alpha value is -2.90. The Morgan fingerprint density at radius 3 is 2.79 bits per heavy atom. The molecule has 0 fully saturated rings. The Labute approximate surface area is 171 Å². The van der Waals surface area contributed by atoms with Crippen LogP contribution in [0, 0.1) is 0 Å². The summed E-state index contributed by atoms with van der Waals surface area (Å²) in [4.78, 5) is 32.9. The van der Waals surface area contributed by atoms with Crippen molar-refractivity contribution >= 4 is 51.3 Å². The number of carbonyl (C=O) groups excluding carboxylic acids is 2. The summed E-state index contributed by atoms with van der Waals surface area (Å²) in [6, 6.07) is 14.5. The smallest absolute Gasteiger partial charge is 0.255 e. The summed E-state index contributed by atoms with van der Waals surface area (Å²) in [5, 5.41) is 5.89. The second-order valence-corrected chi connectivity index (χ2v) is 7.67. The lowest BCUT2D eigenvalue weighted by molar-refractivity contribution is -0.115. The SMILES string of the molecule is CC(=O)N(c1cccc(Cl)c1)c1nc([C@@H]2NC(=O)c3ccccc3N2C)cs1. The normalized spacial score (nSPS) is 15.8. The average molecular weight is 413 g/mol. The number of anilines is 3. The number of hydrogen-bond donors (Lipinski definition) is 1. The monoisotopic (exact) mass is 412 g/mol. The van der Waals surface area contributed by atoms with Crippen LogP contribution in [0.1, 0.15) is 29.1 Å².